The average molecular weight is 429 g/mol. The van der Waals surface area contributed by atoms with Crippen LogP contribution in [-0.4, -0.2) is 11.2 Å². The van der Waals surface area contributed by atoms with Crippen LogP contribution < -0.4 is 0 Å². The molecule has 3 saturated carbocycles. The van der Waals surface area contributed by atoms with Gasteiger partial charge in [0.05, 0.1) is 6.10 Å². The molecule has 3 fully saturated rings. The Bertz CT molecular complexity index is 703. The van der Waals surface area contributed by atoms with Crippen LogP contribution >= 0.6 is 0 Å². The Balaban J connectivity index is 1.60. The van der Waals surface area contributed by atoms with Gasteiger partial charge in [0, 0.05) is 0 Å². The molecule has 0 aliphatic heterocycles. The lowest BCUT2D eigenvalue weighted by Crippen LogP contribution is -2.58. The Morgan fingerprint density at radius 3 is 2.32 bits per heavy atom. The molecular formula is C30H52O. The first-order valence-electron chi connectivity index (χ1n) is 13.8. The van der Waals surface area contributed by atoms with Gasteiger partial charge in [-0.05, 0) is 96.2 Å². The molecule has 0 aromatic heterocycles. The first-order valence-corrected chi connectivity index (χ1v) is 13.8. The van der Waals surface area contributed by atoms with Crippen molar-refractivity contribution in [2.75, 3.05) is 0 Å². The number of aliphatic hydroxyl groups excluding tert-OH is 1. The fourth-order valence-corrected chi connectivity index (χ4v) is 9.70. The van der Waals surface area contributed by atoms with Crippen LogP contribution in [-0.2, 0) is 0 Å². The quantitative estimate of drug-likeness (QED) is 0.436. The van der Waals surface area contributed by atoms with Crippen LogP contribution in [0.3, 0.4) is 0 Å². The molecule has 0 bridgehead atoms. The van der Waals surface area contributed by atoms with Crippen LogP contribution in [0.2, 0.25) is 0 Å². The third-order valence-electron chi connectivity index (χ3n) is 12.0. The second-order valence-electron chi connectivity index (χ2n) is 14.1. The SMILES string of the molecule is CC(C)CCC[C@@H](C)[C@@H]1CC[C@]2(C)C3=CCC4C(C)(C)[C@@H](O)CC[C@]4(C)[C@H]3CC[C@@]12C. The molecule has 0 spiro atoms. The Labute approximate surface area is 193 Å². The lowest BCUT2D eigenvalue weighted by Gasteiger charge is -2.64. The van der Waals surface area contributed by atoms with Crippen molar-refractivity contribution in [3.63, 3.8) is 0 Å². The zero-order valence-corrected chi connectivity index (χ0v) is 22.1. The van der Waals surface area contributed by atoms with Gasteiger partial charge in [0.15, 0.2) is 0 Å². The predicted octanol–water partition coefficient (Wildman–Crippen LogP) is 8.41. The molecule has 0 aromatic rings. The van der Waals surface area contributed by atoms with E-state index in [1.807, 2.05) is 5.57 Å². The molecule has 0 aromatic carbocycles. The van der Waals surface area contributed by atoms with E-state index >= 15 is 0 Å². The fraction of sp³-hybridized carbons (Fsp3) is 0.933. The van der Waals surface area contributed by atoms with E-state index in [2.05, 4.69) is 61.5 Å². The molecule has 0 amide bonds. The van der Waals surface area contributed by atoms with E-state index in [9.17, 15) is 5.11 Å². The van der Waals surface area contributed by atoms with E-state index in [-0.39, 0.29) is 11.5 Å². The molecule has 4 rings (SSSR count). The molecule has 4 aliphatic rings. The van der Waals surface area contributed by atoms with E-state index in [4.69, 9.17) is 0 Å². The van der Waals surface area contributed by atoms with Gasteiger partial charge in [0.1, 0.15) is 0 Å². The fourth-order valence-electron chi connectivity index (χ4n) is 9.70. The summed E-state index contributed by atoms with van der Waals surface area (Å²) < 4.78 is 0. The maximum absolute atomic E-state index is 10.8. The number of hydrogen-bond donors (Lipinski definition) is 1. The van der Waals surface area contributed by atoms with Crippen molar-refractivity contribution in [3.05, 3.63) is 11.6 Å². The molecule has 0 heterocycles. The molecule has 178 valence electrons. The minimum absolute atomic E-state index is 0.0415. The Kier molecular flexibility index (Phi) is 6.07. The largest absolute Gasteiger partial charge is 0.393 e. The lowest BCUT2D eigenvalue weighted by atomic mass is 9.41. The van der Waals surface area contributed by atoms with Crippen molar-refractivity contribution in [1.29, 1.82) is 0 Å². The molecule has 1 unspecified atom stereocenters. The monoisotopic (exact) mass is 428 g/mol. The molecule has 0 saturated heterocycles. The zero-order chi connectivity index (χ0) is 22.8. The Morgan fingerprint density at radius 2 is 1.65 bits per heavy atom. The normalized spacial score (nSPS) is 47.4. The number of fused-ring (bicyclic) bond motifs is 5. The minimum Gasteiger partial charge on any atom is -0.393 e. The number of rotatable bonds is 5. The second kappa shape index (κ2) is 7.89. The highest BCUT2D eigenvalue weighted by molar-refractivity contribution is 5.33. The summed E-state index contributed by atoms with van der Waals surface area (Å²) in [5.41, 5.74) is 3.13. The third-order valence-corrected chi connectivity index (χ3v) is 12.0. The zero-order valence-electron chi connectivity index (χ0n) is 22.1. The van der Waals surface area contributed by atoms with Crippen LogP contribution in [0.1, 0.15) is 120 Å². The van der Waals surface area contributed by atoms with Gasteiger partial charge < -0.3 is 5.11 Å². The standard InChI is InChI=1S/C30H52O/c1-20(2)10-9-11-21(3)22-14-18-30(8)24-12-13-25-27(4,5)26(31)16-17-28(25,6)23(24)15-19-29(22,30)7/h12,20-23,25-26,31H,9-11,13-19H2,1-8H3/t21-,22+,23+,25?,26+,28-,29+,30-/m1/s1. The Morgan fingerprint density at radius 1 is 0.935 bits per heavy atom. The molecule has 4 aliphatic carbocycles. The summed E-state index contributed by atoms with van der Waals surface area (Å²) in [5.74, 6) is 3.95. The van der Waals surface area contributed by atoms with Crippen molar-refractivity contribution >= 4 is 0 Å². The summed E-state index contributed by atoms with van der Waals surface area (Å²) in [6.07, 6.45) is 15.8. The minimum atomic E-state index is -0.132. The van der Waals surface area contributed by atoms with Crippen molar-refractivity contribution in [2.45, 2.75) is 126 Å². The first kappa shape index (κ1) is 23.8. The van der Waals surface area contributed by atoms with Crippen LogP contribution in [0.15, 0.2) is 11.6 Å². The molecule has 0 radical (unpaired) electrons. The van der Waals surface area contributed by atoms with E-state index in [1.165, 1.54) is 57.8 Å². The van der Waals surface area contributed by atoms with Crippen LogP contribution in [0.4, 0.5) is 0 Å². The highest BCUT2D eigenvalue weighted by Crippen LogP contribution is 2.73. The number of allylic oxidation sites excluding steroid dienone is 2. The summed E-state index contributed by atoms with van der Waals surface area (Å²) >= 11 is 0. The third kappa shape index (κ3) is 3.41. The molecule has 8 atom stereocenters. The molecule has 1 heteroatoms. The van der Waals surface area contributed by atoms with Crippen LogP contribution in [0.5, 0.6) is 0 Å². The summed E-state index contributed by atoms with van der Waals surface area (Å²) in [5, 5.41) is 10.8. The van der Waals surface area contributed by atoms with Gasteiger partial charge in [-0.1, -0.05) is 86.3 Å². The van der Waals surface area contributed by atoms with E-state index < -0.39 is 0 Å². The summed E-state index contributed by atoms with van der Waals surface area (Å²) in [6, 6.07) is 0. The van der Waals surface area contributed by atoms with Crippen molar-refractivity contribution < 1.29 is 5.11 Å². The van der Waals surface area contributed by atoms with Gasteiger partial charge >= 0.3 is 0 Å². The van der Waals surface area contributed by atoms with Gasteiger partial charge in [-0.2, -0.15) is 0 Å². The van der Waals surface area contributed by atoms with Gasteiger partial charge in [0.2, 0.25) is 0 Å². The molecule has 1 N–H and O–H groups in total. The summed E-state index contributed by atoms with van der Waals surface area (Å²) in [7, 11) is 0. The lowest BCUT2D eigenvalue weighted by molar-refractivity contribution is -0.131. The van der Waals surface area contributed by atoms with Crippen molar-refractivity contribution in [3.8, 4) is 0 Å². The maximum atomic E-state index is 10.8. The molecular weight excluding hydrogens is 376 g/mol. The molecule has 31 heavy (non-hydrogen) atoms. The van der Waals surface area contributed by atoms with Gasteiger partial charge in [0.25, 0.3) is 0 Å². The van der Waals surface area contributed by atoms with Gasteiger partial charge in [-0.15, -0.1) is 0 Å². The van der Waals surface area contributed by atoms with Crippen molar-refractivity contribution in [1.82, 2.24) is 0 Å². The van der Waals surface area contributed by atoms with Gasteiger partial charge in [-0.3, -0.25) is 0 Å². The average Bonchev–Trinajstić information content (AvgIpc) is 2.96. The highest BCUT2D eigenvalue weighted by Gasteiger charge is 2.65. The van der Waals surface area contributed by atoms with Crippen LogP contribution in [0, 0.1) is 51.2 Å². The topological polar surface area (TPSA) is 20.2 Å². The number of aliphatic hydroxyl groups is 1. The maximum Gasteiger partial charge on any atom is 0.0594 e. The van der Waals surface area contributed by atoms with Crippen molar-refractivity contribution in [2.24, 2.45) is 51.2 Å². The van der Waals surface area contributed by atoms with Gasteiger partial charge in [-0.25, -0.2) is 0 Å². The van der Waals surface area contributed by atoms with E-state index in [1.54, 1.807) is 0 Å². The Hall–Kier alpha value is -0.300. The summed E-state index contributed by atoms with van der Waals surface area (Å²) in [6.45, 7) is 20.0. The van der Waals surface area contributed by atoms with E-state index in [0.29, 0.717) is 22.2 Å². The smallest absolute Gasteiger partial charge is 0.0594 e. The summed E-state index contributed by atoms with van der Waals surface area (Å²) in [4.78, 5) is 0. The number of hydrogen-bond acceptors (Lipinski definition) is 1. The first-order chi connectivity index (χ1) is 14.4. The van der Waals surface area contributed by atoms with E-state index in [0.717, 1.165) is 30.1 Å². The van der Waals surface area contributed by atoms with Crippen LogP contribution in [0.25, 0.3) is 0 Å². The molecule has 1 nitrogen and oxygen atoms in total. The second-order valence-corrected chi connectivity index (χ2v) is 14.1. The predicted molar refractivity (Wildman–Crippen MR) is 133 cm³/mol. The highest BCUT2D eigenvalue weighted by atomic mass is 16.3.